The Morgan fingerprint density at radius 3 is 2.51 bits per heavy atom. The van der Waals surface area contributed by atoms with Gasteiger partial charge in [0.2, 0.25) is 0 Å². The Kier molecular flexibility index (Phi) is 7.85. The number of esters is 1. The van der Waals surface area contributed by atoms with E-state index in [1.807, 2.05) is 99.0 Å². The highest BCUT2D eigenvalue weighted by atomic mass is 32.2. The summed E-state index contributed by atoms with van der Waals surface area (Å²) in [4.78, 5) is 37.7. The number of hydrogen-bond acceptors (Lipinski definition) is 7. The summed E-state index contributed by atoms with van der Waals surface area (Å²) in [7, 11) is 1.64. The lowest BCUT2D eigenvalue weighted by Gasteiger charge is -2.25. The number of aromatic amines is 1. The van der Waals surface area contributed by atoms with Crippen molar-refractivity contribution in [1.29, 1.82) is 0 Å². The molecule has 0 amide bonds. The molecule has 1 aliphatic rings. The number of carbonyl (C=O) groups excluding carboxylic acids is 1. The number of benzene rings is 3. The molecule has 7 nitrogen and oxygen atoms in total. The monoisotopic (exact) mass is 609 g/mol. The van der Waals surface area contributed by atoms with Gasteiger partial charge in [-0.2, -0.15) is 0 Å². The quantitative estimate of drug-likeness (QED) is 0.179. The van der Waals surface area contributed by atoms with Crippen LogP contribution in [0.25, 0.3) is 28.2 Å². The zero-order chi connectivity index (χ0) is 30.2. The Hall–Kier alpha value is -4.34. The molecule has 0 fully saturated rings. The van der Waals surface area contributed by atoms with Gasteiger partial charge in [0.25, 0.3) is 5.56 Å². The summed E-state index contributed by atoms with van der Waals surface area (Å²) in [5.74, 6) is 0.249. The van der Waals surface area contributed by atoms with Gasteiger partial charge in [-0.15, -0.1) is 11.8 Å². The van der Waals surface area contributed by atoms with E-state index in [9.17, 15) is 9.59 Å². The largest absolute Gasteiger partial charge is 0.497 e. The molecule has 1 atom stereocenters. The average Bonchev–Trinajstić information content (AvgIpc) is 3.52. The van der Waals surface area contributed by atoms with Gasteiger partial charge >= 0.3 is 5.97 Å². The maximum atomic E-state index is 14.3. The number of carbonyl (C=O) groups is 1. The van der Waals surface area contributed by atoms with E-state index in [1.54, 1.807) is 30.4 Å². The molecule has 6 rings (SSSR count). The highest BCUT2D eigenvalue weighted by Gasteiger charge is 2.34. The normalized spacial score (nSPS) is 15.1. The van der Waals surface area contributed by atoms with Crippen LogP contribution >= 0.6 is 23.1 Å². The number of aromatic nitrogens is 2. The van der Waals surface area contributed by atoms with Gasteiger partial charge < -0.3 is 14.5 Å². The summed E-state index contributed by atoms with van der Waals surface area (Å²) in [6.45, 7) is 5.42. The van der Waals surface area contributed by atoms with Crippen molar-refractivity contribution < 1.29 is 14.3 Å². The molecular weight excluding hydrogens is 579 g/mol. The minimum atomic E-state index is -0.669. The maximum absolute atomic E-state index is 14.3. The molecule has 0 spiro atoms. The highest BCUT2D eigenvalue weighted by Crippen LogP contribution is 2.34. The second-order valence-electron chi connectivity index (χ2n) is 10.5. The second-order valence-corrected chi connectivity index (χ2v) is 12.4. The van der Waals surface area contributed by atoms with Crippen LogP contribution in [0.3, 0.4) is 0 Å². The summed E-state index contributed by atoms with van der Waals surface area (Å²) < 4.78 is 13.3. The SMILES string of the molecule is COc1ccc2[nH]c(-c3ccccc3)c(/C=c3\sc4n(c3=O)[C@H](c3ccc(SC)cc3)C(C(=O)OC(C)C)=C(C)N=4)c2c1. The Morgan fingerprint density at radius 2 is 1.84 bits per heavy atom. The van der Waals surface area contributed by atoms with E-state index in [0.717, 1.165) is 43.9 Å². The molecule has 0 aliphatic carbocycles. The van der Waals surface area contributed by atoms with Gasteiger partial charge in [-0.1, -0.05) is 53.8 Å². The van der Waals surface area contributed by atoms with Crippen molar-refractivity contribution in [3.63, 3.8) is 0 Å². The van der Waals surface area contributed by atoms with Gasteiger partial charge in [0.05, 0.1) is 40.8 Å². The number of methoxy groups -OCH3 is 1. The van der Waals surface area contributed by atoms with E-state index >= 15 is 0 Å². The highest BCUT2D eigenvalue weighted by molar-refractivity contribution is 7.98. The number of allylic oxidation sites excluding steroid dienone is 1. The van der Waals surface area contributed by atoms with Gasteiger partial charge in [0.15, 0.2) is 4.80 Å². The molecule has 0 bridgehead atoms. The fraction of sp³-hybridized carbons (Fsp3) is 0.206. The molecular formula is C34H31N3O4S2. The summed E-state index contributed by atoms with van der Waals surface area (Å²) in [6, 6.07) is 23.2. The number of thiazole rings is 1. The van der Waals surface area contributed by atoms with Gasteiger partial charge in [0.1, 0.15) is 5.75 Å². The number of ether oxygens (including phenoxy) is 2. The van der Waals surface area contributed by atoms with Crippen LogP contribution in [0.1, 0.15) is 37.9 Å². The molecule has 43 heavy (non-hydrogen) atoms. The van der Waals surface area contributed by atoms with Crippen molar-refractivity contribution in [2.24, 2.45) is 4.99 Å². The number of thioether (sulfide) groups is 1. The lowest BCUT2D eigenvalue weighted by molar-refractivity contribution is -0.143. The van der Waals surface area contributed by atoms with Crippen molar-refractivity contribution in [1.82, 2.24) is 9.55 Å². The Morgan fingerprint density at radius 1 is 1.09 bits per heavy atom. The molecule has 0 radical (unpaired) electrons. The summed E-state index contributed by atoms with van der Waals surface area (Å²) >= 11 is 2.95. The third-order valence-corrected chi connectivity index (χ3v) is 9.13. The molecule has 218 valence electrons. The van der Waals surface area contributed by atoms with Crippen molar-refractivity contribution in [2.45, 2.75) is 37.8 Å². The lowest BCUT2D eigenvalue weighted by Crippen LogP contribution is -2.40. The Labute approximate surface area is 257 Å². The maximum Gasteiger partial charge on any atom is 0.338 e. The van der Waals surface area contributed by atoms with Crippen LogP contribution in [-0.2, 0) is 9.53 Å². The number of fused-ring (bicyclic) bond motifs is 2. The van der Waals surface area contributed by atoms with Crippen molar-refractivity contribution in [3.8, 4) is 17.0 Å². The number of nitrogens with zero attached hydrogens (tertiary/aromatic N) is 2. The summed E-state index contributed by atoms with van der Waals surface area (Å²) in [5.41, 5.74) is 5.21. The fourth-order valence-electron chi connectivity index (χ4n) is 5.39. The molecule has 5 aromatic rings. The first kappa shape index (κ1) is 28.8. The third kappa shape index (κ3) is 5.34. The van der Waals surface area contributed by atoms with Crippen molar-refractivity contribution in [3.05, 3.63) is 115 Å². The fourth-order valence-corrected chi connectivity index (χ4v) is 6.83. The summed E-state index contributed by atoms with van der Waals surface area (Å²) in [6.07, 6.45) is 3.62. The molecule has 0 unspecified atom stereocenters. The van der Waals surface area contributed by atoms with Gasteiger partial charge in [-0.05, 0) is 74.6 Å². The minimum absolute atomic E-state index is 0.221. The second kappa shape index (κ2) is 11.7. The standard InChI is InChI=1S/C34H31N3O4S2/c1-19(2)41-33(39)29-20(3)35-34-37(31(29)22-11-14-24(42-5)15-12-22)32(38)28(43-34)18-26-25-17-23(40-4)13-16-27(25)36-30(26)21-9-7-6-8-10-21/h6-19,31,36H,1-5H3/b28-18-/t31-/m1/s1. The number of nitrogens with one attached hydrogen (secondary N) is 1. The Balaban J connectivity index is 1.60. The molecule has 3 aromatic carbocycles. The van der Waals surface area contributed by atoms with Gasteiger partial charge in [-0.3, -0.25) is 9.36 Å². The van der Waals surface area contributed by atoms with E-state index in [-0.39, 0.29) is 11.7 Å². The van der Waals surface area contributed by atoms with E-state index < -0.39 is 12.0 Å². The molecule has 1 N–H and O–H groups in total. The molecule has 9 heteroatoms. The van der Waals surface area contributed by atoms with Gasteiger partial charge in [0, 0.05) is 21.4 Å². The number of hydrogen-bond donors (Lipinski definition) is 1. The topological polar surface area (TPSA) is 85.7 Å². The van der Waals surface area contributed by atoms with Crippen LogP contribution in [0.15, 0.2) is 98.7 Å². The van der Waals surface area contributed by atoms with Crippen LogP contribution < -0.4 is 19.6 Å². The van der Waals surface area contributed by atoms with Crippen LogP contribution in [0.2, 0.25) is 0 Å². The van der Waals surface area contributed by atoms with Crippen LogP contribution in [0.4, 0.5) is 0 Å². The Bertz CT molecular complexity index is 2050. The predicted octanol–water partition coefficient (Wildman–Crippen LogP) is 6.07. The lowest BCUT2D eigenvalue weighted by atomic mass is 9.96. The molecule has 0 saturated carbocycles. The van der Waals surface area contributed by atoms with E-state index in [0.29, 0.717) is 20.6 Å². The first-order valence-electron chi connectivity index (χ1n) is 13.9. The number of H-pyrrole nitrogens is 1. The molecule has 0 saturated heterocycles. The van der Waals surface area contributed by atoms with Crippen LogP contribution in [-0.4, -0.2) is 35.0 Å². The molecule has 1 aliphatic heterocycles. The third-order valence-electron chi connectivity index (χ3n) is 7.40. The van der Waals surface area contributed by atoms with Crippen LogP contribution in [0.5, 0.6) is 5.75 Å². The van der Waals surface area contributed by atoms with E-state index in [1.165, 1.54) is 11.3 Å². The zero-order valence-corrected chi connectivity index (χ0v) is 26.1. The summed E-state index contributed by atoms with van der Waals surface area (Å²) in [5, 5.41) is 0.936. The van der Waals surface area contributed by atoms with Crippen molar-refractivity contribution >= 4 is 46.0 Å². The first-order chi connectivity index (χ1) is 20.8. The van der Waals surface area contributed by atoms with E-state index in [4.69, 9.17) is 14.5 Å². The number of rotatable bonds is 7. The molecule has 3 heterocycles. The van der Waals surface area contributed by atoms with E-state index in [2.05, 4.69) is 4.98 Å². The smallest absolute Gasteiger partial charge is 0.338 e. The van der Waals surface area contributed by atoms with Crippen molar-refractivity contribution in [2.75, 3.05) is 13.4 Å². The minimum Gasteiger partial charge on any atom is -0.497 e. The van der Waals surface area contributed by atoms with Gasteiger partial charge in [-0.25, -0.2) is 9.79 Å². The zero-order valence-electron chi connectivity index (χ0n) is 24.5. The molecule has 2 aromatic heterocycles. The predicted molar refractivity (Wildman–Crippen MR) is 174 cm³/mol. The van der Waals surface area contributed by atoms with Crippen LogP contribution in [0, 0.1) is 0 Å². The average molecular weight is 610 g/mol. The first-order valence-corrected chi connectivity index (χ1v) is 16.0.